The topological polar surface area (TPSA) is 362 Å². The number of nitriles is 1. The fourth-order valence-corrected chi connectivity index (χ4v) is 8.58. The summed E-state index contributed by atoms with van der Waals surface area (Å²) in [6.45, 7) is 3.54. The molecule has 9 N–H and O–H groups in total. The van der Waals surface area contributed by atoms with Crippen molar-refractivity contribution in [3.63, 3.8) is 0 Å². The van der Waals surface area contributed by atoms with Crippen molar-refractivity contribution in [1.29, 1.82) is 5.26 Å². The summed E-state index contributed by atoms with van der Waals surface area (Å²) in [5.74, 6) is 3.63. The Balaban J connectivity index is 0.000000115. The van der Waals surface area contributed by atoms with Crippen LogP contribution in [0.15, 0.2) is 175 Å². The van der Waals surface area contributed by atoms with Crippen molar-refractivity contribution in [2.75, 3.05) is 33.7 Å². The number of H-pyrrole nitrogens is 4. The van der Waals surface area contributed by atoms with Crippen molar-refractivity contribution in [2.24, 2.45) is 4.99 Å². The molecule has 0 radical (unpaired) electrons. The predicted molar refractivity (Wildman–Crippen MR) is 330 cm³/mol. The number of ether oxygens (including phenoxy) is 1. The van der Waals surface area contributed by atoms with Crippen LogP contribution in [0.25, 0.3) is 44.7 Å². The molecular formula is C60H51F2N25O2. The molecule has 0 saturated heterocycles. The number of aliphatic imine (C=N–C) groups is 1. The number of aromatic nitrogens is 18. The van der Waals surface area contributed by atoms with Gasteiger partial charge < -0.3 is 55.7 Å². The Labute approximate surface area is 503 Å². The number of anilines is 7. The van der Waals surface area contributed by atoms with Crippen LogP contribution in [0.2, 0.25) is 0 Å². The zero-order chi connectivity index (χ0) is 61.2. The fraction of sp³-hybridized carbons (Fsp3) is 0.100. The third-order valence-electron chi connectivity index (χ3n) is 12.8. The lowest BCUT2D eigenvalue weighted by Gasteiger charge is -2.08. The maximum absolute atomic E-state index is 13.5. The van der Waals surface area contributed by atoms with Crippen LogP contribution in [-0.2, 0) is 26.1 Å². The average Bonchev–Trinajstić information content (AvgIpc) is 4.57. The molecule has 0 bridgehead atoms. The van der Waals surface area contributed by atoms with Gasteiger partial charge >= 0.3 is 6.01 Å². The molecule has 0 fully saturated rings. The van der Waals surface area contributed by atoms with Gasteiger partial charge in [0.2, 0.25) is 0 Å². The monoisotopic (exact) mass is 1190 g/mol. The molecule has 89 heavy (non-hydrogen) atoms. The number of nitrogens with zero attached hydrogens (tertiary/aromatic N) is 16. The molecule has 0 spiro atoms. The fourth-order valence-electron chi connectivity index (χ4n) is 8.58. The Hall–Kier alpha value is -12.7. The molecule has 0 saturated carbocycles. The molecule has 1 aliphatic heterocycles. The molecule has 0 aliphatic carbocycles. The van der Waals surface area contributed by atoms with Crippen molar-refractivity contribution in [2.45, 2.75) is 33.0 Å². The van der Waals surface area contributed by atoms with E-state index in [-0.39, 0.29) is 17.6 Å². The van der Waals surface area contributed by atoms with Crippen LogP contribution < -0.4 is 31.3 Å². The lowest BCUT2D eigenvalue weighted by Crippen LogP contribution is -2.04. The number of hydrogen-bond donors (Lipinski definition) is 9. The molecule has 15 rings (SSSR count). The highest BCUT2D eigenvalue weighted by Crippen LogP contribution is 2.31. The van der Waals surface area contributed by atoms with Crippen molar-refractivity contribution in [1.82, 2.24) is 89.7 Å². The van der Waals surface area contributed by atoms with E-state index in [4.69, 9.17) is 14.4 Å². The quantitative estimate of drug-likeness (QED) is 0.0488. The Kier molecular flexibility index (Phi) is 18.4. The largest absolute Gasteiger partial charge is 0.467 e. The first-order valence-corrected chi connectivity index (χ1v) is 27.1. The normalized spacial score (nSPS) is 11.0. The first-order valence-electron chi connectivity index (χ1n) is 27.1. The van der Waals surface area contributed by atoms with E-state index in [2.05, 4.69) is 146 Å². The van der Waals surface area contributed by atoms with Crippen LogP contribution in [0.5, 0.6) is 6.01 Å². The van der Waals surface area contributed by atoms with Gasteiger partial charge in [-0.05, 0) is 84.8 Å². The Bertz CT molecular complexity index is 4700. The van der Waals surface area contributed by atoms with E-state index < -0.39 is 0 Å². The summed E-state index contributed by atoms with van der Waals surface area (Å²) in [5, 5.41) is 24.6. The second kappa shape index (κ2) is 28.2. The summed E-state index contributed by atoms with van der Waals surface area (Å²) in [6, 6.07) is 34.4. The minimum atomic E-state index is -0.273. The van der Waals surface area contributed by atoms with Gasteiger partial charge in [-0.25, -0.2) is 68.6 Å². The van der Waals surface area contributed by atoms with Crippen LogP contribution in [0.4, 0.5) is 54.9 Å². The Morgan fingerprint density at radius 1 is 0.551 bits per heavy atom. The summed E-state index contributed by atoms with van der Waals surface area (Å²) >= 11 is 0. The number of aryl methyl sites for hydroxylation is 1. The molecule has 0 unspecified atom stereocenters. The summed E-state index contributed by atoms with van der Waals surface area (Å²) in [7, 11) is 1.52. The van der Waals surface area contributed by atoms with Gasteiger partial charge in [0.25, 0.3) is 0 Å². The maximum atomic E-state index is 13.5. The van der Waals surface area contributed by atoms with Gasteiger partial charge in [-0.3, -0.25) is 4.99 Å². The first-order chi connectivity index (χ1) is 43.7. The third kappa shape index (κ3) is 15.0. The van der Waals surface area contributed by atoms with Crippen molar-refractivity contribution in [3.05, 3.63) is 211 Å². The van der Waals surface area contributed by atoms with Crippen LogP contribution in [0, 0.1) is 29.9 Å². The van der Waals surface area contributed by atoms with Gasteiger partial charge in [0.1, 0.15) is 70.5 Å². The molecule has 442 valence electrons. The molecule has 1 aliphatic rings. The predicted octanol–water partition coefficient (Wildman–Crippen LogP) is 10.5. The van der Waals surface area contributed by atoms with Gasteiger partial charge in [0.05, 0.1) is 62.6 Å². The summed E-state index contributed by atoms with van der Waals surface area (Å²) in [6.07, 6.45) is 16.4. The lowest BCUT2D eigenvalue weighted by atomic mass is 10.1. The van der Waals surface area contributed by atoms with Gasteiger partial charge in [-0.15, -0.1) is 0 Å². The van der Waals surface area contributed by atoms with E-state index >= 15 is 0 Å². The van der Waals surface area contributed by atoms with Crippen LogP contribution >= 0.6 is 0 Å². The molecule has 27 nitrogen and oxygen atoms in total. The molecule has 11 heterocycles. The highest BCUT2D eigenvalue weighted by Gasteiger charge is 2.15. The van der Waals surface area contributed by atoms with E-state index in [1.54, 1.807) is 74.3 Å². The standard InChI is InChI=1S/C13H10N6.C13H12N4.C12H10FN5.C11H8FN5.C11H11N5O2/c14-5-9-2-1-3-10(4-9)6-15-12-11-13(17-7-16-11)19-8-18-12;1-9-3-2-4-10(7-9)17-13-12-11(5-6-14-12)15-8-16-13;13-9-4-2-1-3-8(9)5-14-11-10-12(16-6-15-10)18-7-17-11;12-7-1-3-8(4-2-7)17-11-9-10(14-5-13-9)15-6-16-11;1-17-11-15-9(8-10(16-11)14-6-13-8)12-5-7-3-2-4-18-7/h1-4,7-8H,6H2,(H2,15,16,17,18,19);2-4,6-8H,5H2,1H3,(H,15,16,17);1-4,6-7H,5H2,(H2,14,15,16,17,18);1-6H,(H2,13,14,15,16,17);2-4,6H,5H2,1H3,(H2,12,13,14,15,16). The molecule has 0 atom stereocenters. The second-order valence-corrected chi connectivity index (χ2v) is 18.8. The van der Waals surface area contributed by atoms with Gasteiger partial charge in [-0.1, -0.05) is 42.5 Å². The molecule has 4 aromatic carbocycles. The Morgan fingerprint density at radius 2 is 1.16 bits per heavy atom. The second-order valence-electron chi connectivity index (χ2n) is 18.8. The highest BCUT2D eigenvalue weighted by atomic mass is 19.1. The molecular weight excluding hydrogens is 1140 g/mol. The molecule has 29 heteroatoms. The molecule has 10 aromatic heterocycles. The summed E-state index contributed by atoms with van der Waals surface area (Å²) in [5.41, 5.74) is 12.4. The number of fused-ring (bicyclic) bond motifs is 5. The average molecular weight is 1190 g/mol. The SMILES string of the molecule is COc1nc(NCc2ccco2)c2[nH]cnc2n1.Cc1cccc(Nc2ncnc3c2N=CC3)c1.Fc1ccc(Nc2ncnc3nc[nH]c23)cc1.Fc1ccccc1CNc1ncnc2nc[nH]c12.N#Cc1cccc(CNc2ncnc3nc[nH]c23)c1. The minimum Gasteiger partial charge on any atom is -0.467 e. The number of rotatable bonds is 14. The number of benzene rings is 4. The van der Waals surface area contributed by atoms with Gasteiger partial charge in [0, 0.05) is 42.7 Å². The number of aromatic amines is 4. The number of hydrogen-bond acceptors (Lipinski definition) is 23. The van der Waals surface area contributed by atoms with Crippen LogP contribution in [0.3, 0.4) is 0 Å². The maximum Gasteiger partial charge on any atom is 0.320 e. The molecule has 14 aromatic rings. The first kappa shape index (κ1) is 58.1. The number of furan rings is 1. The zero-order valence-corrected chi connectivity index (χ0v) is 47.2. The van der Waals surface area contributed by atoms with Gasteiger partial charge in [-0.2, -0.15) is 15.2 Å². The highest BCUT2D eigenvalue weighted by molar-refractivity contribution is 5.86. The van der Waals surface area contributed by atoms with Crippen LogP contribution in [-0.4, -0.2) is 103 Å². The van der Waals surface area contributed by atoms with E-state index in [9.17, 15) is 8.78 Å². The number of imidazole rings is 4. The summed E-state index contributed by atoms with van der Waals surface area (Å²) < 4.78 is 36.5. The van der Waals surface area contributed by atoms with Crippen LogP contribution in [0.1, 0.15) is 33.7 Å². The van der Waals surface area contributed by atoms with Crippen molar-refractivity contribution >= 4 is 97.0 Å². The van der Waals surface area contributed by atoms with E-state index in [0.717, 1.165) is 62.9 Å². The van der Waals surface area contributed by atoms with E-state index in [1.165, 1.54) is 49.9 Å². The molecule has 0 amide bonds. The summed E-state index contributed by atoms with van der Waals surface area (Å²) in [4.78, 5) is 73.6. The third-order valence-corrected chi connectivity index (χ3v) is 12.8. The van der Waals surface area contributed by atoms with E-state index in [0.29, 0.717) is 82.1 Å². The number of nitrogens with one attached hydrogen (secondary N) is 9. The van der Waals surface area contributed by atoms with E-state index in [1.807, 2.05) is 48.7 Å². The Morgan fingerprint density at radius 3 is 1.82 bits per heavy atom. The van der Waals surface area contributed by atoms with Crippen molar-refractivity contribution in [3.8, 4) is 12.1 Å². The number of methoxy groups -OCH3 is 1. The lowest BCUT2D eigenvalue weighted by molar-refractivity contribution is 0.382. The minimum absolute atomic E-state index is 0.236. The van der Waals surface area contributed by atoms with Gasteiger partial charge in [0.15, 0.2) is 51.7 Å². The van der Waals surface area contributed by atoms with Crippen molar-refractivity contribution < 1.29 is 17.9 Å². The number of halogens is 2. The smallest absolute Gasteiger partial charge is 0.320 e. The zero-order valence-electron chi connectivity index (χ0n) is 47.2.